The fourth-order valence-electron chi connectivity index (χ4n) is 0. The van der Waals surface area contributed by atoms with Crippen LogP contribution in [-0.4, -0.2) is 128 Å². The van der Waals surface area contributed by atoms with Gasteiger partial charge in [-0.15, -0.1) is 0 Å². The molecule has 8 heteroatoms. The Hall–Kier alpha value is 3.89. The van der Waals surface area contributed by atoms with Gasteiger partial charge in [0.1, 0.15) is 0 Å². The summed E-state index contributed by atoms with van der Waals surface area (Å²) in [7, 11) is -4.64. The van der Waals surface area contributed by atoms with Crippen molar-refractivity contribution < 1.29 is 19.2 Å². The summed E-state index contributed by atoms with van der Waals surface area (Å²) in [5, 5.41) is 0. The van der Waals surface area contributed by atoms with Crippen LogP contribution in [0.25, 0.3) is 0 Å². The van der Waals surface area contributed by atoms with Gasteiger partial charge < -0.3 is 14.7 Å². The summed E-state index contributed by atoms with van der Waals surface area (Å²) in [6.07, 6.45) is 0. The van der Waals surface area contributed by atoms with Crippen LogP contribution < -0.4 is 0 Å². The van der Waals surface area contributed by atoms with E-state index in [2.05, 4.69) is 0 Å². The second-order valence-electron chi connectivity index (χ2n) is 0.513. The number of hydrogen-bond acceptors (Lipinski definition) is 1. The largest absolute Gasteiger partial charge is 0.466 e. The van der Waals surface area contributed by atoms with Crippen LogP contribution in [0.15, 0.2) is 0 Å². The van der Waals surface area contributed by atoms with Crippen LogP contribution in [0, 0.1) is 0 Å². The number of phosphoric acid groups is 1. The average Bonchev–Trinajstić information content (AvgIpc) is 0.722. The molecular weight excluding hydrogens is 215 g/mol. The van der Waals surface area contributed by atoms with Gasteiger partial charge in [-0.1, -0.05) is 0 Å². The molecule has 3 N–H and O–H groups in total. The van der Waals surface area contributed by atoms with Crippen LogP contribution >= 0.6 is 7.82 Å². The Morgan fingerprint density at radius 1 is 0.875 bits per heavy atom. The van der Waals surface area contributed by atoms with Gasteiger partial charge in [-0.05, 0) is 0 Å². The average molecular weight is 218 g/mol. The molecule has 0 bridgehead atoms. The minimum absolute atomic E-state index is 0. The number of hydrogen-bond donors (Lipinski definition) is 3. The molecule has 0 spiro atoms. The first-order valence-electron chi connectivity index (χ1n) is 0.783. The van der Waals surface area contributed by atoms with Gasteiger partial charge >= 0.3 is 7.82 Å². The maximum Gasteiger partial charge on any atom is 0.466 e. The SMILES string of the molecule is O=P(O)(O)O.[Ca].[Ca].[Ca]. The van der Waals surface area contributed by atoms with Crippen molar-refractivity contribution in [3.8, 4) is 0 Å². The van der Waals surface area contributed by atoms with Crippen LogP contribution in [0.2, 0.25) is 0 Å². The van der Waals surface area contributed by atoms with E-state index in [9.17, 15) is 0 Å². The van der Waals surface area contributed by atoms with Gasteiger partial charge in [0.25, 0.3) is 0 Å². The second-order valence-corrected chi connectivity index (χ2v) is 1.54. The summed E-state index contributed by atoms with van der Waals surface area (Å²) in [6.45, 7) is 0. The Bertz CT molecular complexity index is 57.4. The minimum atomic E-state index is -4.64. The van der Waals surface area contributed by atoms with Crippen molar-refractivity contribution in [2.45, 2.75) is 0 Å². The van der Waals surface area contributed by atoms with E-state index in [-0.39, 0.29) is 113 Å². The first-order valence-corrected chi connectivity index (χ1v) is 2.35. The zero-order chi connectivity index (χ0) is 4.50. The first-order chi connectivity index (χ1) is 2.00. The fourth-order valence-corrected chi connectivity index (χ4v) is 0. The van der Waals surface area contributed by atoms with E-state index in [1.54, 1.807) is 0 Å². The van der Waals surface area contributed by atoms with Crippen molar-refractivity contribution in [2.24, 2.45) is 0 Å². The molecule has 0 aromatic rings. The quantitative estimate of drug-likeness (QED) is 0.322. The molecule has 6 radical (unpaired) electrons. The van der Waals surface area contributed by atoms with Crippen LogP contribution in [0.4, 0.5) is 0 Å². The zero-order valence-electron chi connectivity index (χ0n) is 4.32. The molecule has 0 aliphatic rings. The minimum Gasteiger partial charge on any atom is -0.303 e. The van der Waals surface area contributed by atoms with E-state index in [4.69, 9.17) is 19.2 Å². The summed E-state index contributed by atoms with van der Waals surface area (Å²) >= 11 is 0. The predicted molar refractivity (Wildman–Crippen MR) is 31.5 cm³/mol. The van der Waals surface area contributed by atoms with Crippen LogP contribution in [0.5, 0.6) is 0 Å². The third-order valence-corrected chi connectivity index (χ3v) is 0. The molecule has 0 aromatic carbocycles. The molecule has 38 valence electrons. The molecular formula is H3Ca3O4P. The molecule has 4 nitrogen and oxygen atoms in total. The molecule has 0 saturated carbocycles. The van der Waals surface area contributed by atoms with Gasteiger partial charge in [0.05, 0.1) is 0 Å². The normalized spacial score (nSPS) is 7.38. The van der Waals surface area contributed by atoms with Crippen molar-refractivity contribution in [3.63, 3.8) is 0 Å². The maximum absolute atomic E-state index is 8.88. The van der Waals surface area contributed by atoms with E-state index < -0.39 is 7.82 Å². The molecule has 0 amide bonds. The molecule has 0 aromatic heterocycles. The van der Waals surface area contributed by atoms with Crippen LogP contribution in [0.1, 0.15) is 0 Å². The van der Waals surface area contributed by atoms with Crippen molar-refractivity contribution in [1.29, 1.82) is 0 Å². The Morgan fingerprint density at radius 3 is 0.875 bits per heavy atom. The van der Waals surface area contributed by atoms with E-state index in [0.717, 1.165) is 0 Å². The predicted octanol–water partition coefficient (Wildman–Crippen LogP) is -2.07. The van der Waals surface area contributed by atoms with Crippen LogP contribution in [-0.2, 0) is 4.57 Å². The second kappa shape index (κ2) is 10.9. The van der Waals surface area contributed by atoms with Gasteiger partial charge in [-0.3, -0.25) is 0 Å². The molecule has 0 unspecified atom stereocenters. The zero-order valence-corrected chi connectivity index (χ0v) is 11.8. The van der Waals surface area contributed by atoms with Crippen molar-refractivity contribution >= 4 is 121 Å². The van der Waals surface area contributed by atoms with E-state index in [1.807, 2.05) is 0 Å². The van der Waals surface area contributed by atoms with E-state index in [0.29, 0.717) is 0 Å². The number of rotatable bonds is 0. The summed E-state index contributed by atoms with van der Waals surface area (Å²) in [6, 6.07) is 0. The molecule has 0 aliphatic heterocycles. The van der Waals surface area contributed by atoms with Crippen LogP contribution in [0.3, 0.4) is 0 Å². The maximum atomic E-state index is 8.88. The van der Waals surface area contributed by atoms with Gasteiger partial charge in [0.15, 0.2) is 0 Å². The summed E-state index contributed by atoms with van der Waals surface area (Å²) in [5.74, 6) is 0. The topological polar surface area (TPSA) is 77.8 Å². The summed E-state index contributed by atoms with van der Waals surface area (Å²) in [5.41, 5.74) is 0. The summed E-state index contributed by atoms with van der Waals surface area (Å²) in [4.78, 5) is 21.6. The standard InChI is InChI=1S/3Ca.H3O4P/c;;;1-5(2,3)4/h;;;(H3,1,2,3,4). The molecule has 8 heavy (non-hydrogen) atoms. The molecule has 0 fully saturated rings. The van der Waals surface area contributed by atoms with Crippen molar-refractivity contribution in [3.05, 3.63) is 0 Å². The fraction of sp³-hybridized carbons (Fsp3) is 0. The van der Waals surface area contributed by atoms with Gasteiger partial charge in [-0.2, -0.15) is 0 Å². The molecule has 0 saturated heterocycles. The Labute approximate surface area is 137 Å². The monoisotopic (exact) mass is 218 g/mol. The van der Waals surface area contributed by atoms with Gasteiger partial charge in [0.2, 0.25) is 0 Å². The molecule has 0 aliphatic carbocycles. The summed E-state index contributed by atoms with van der Waals surface area (Å²) < 4.78 is 8.88. The third kappa shape index (κ3) is 51.7. The Morgan fingerprint density at radius 2 is 0.875 bits per heavy atom. The molecule has 0 rings (SSSR count). The molecule has 0 atom stereocenters. The first kappa shape index (κ1) is 22.7. The Kier molecular flexibility index (Phi) is 30.8. The Balaban J connectivity index is -0.0000000267. The third-order valence-electron chi connectivity index (χ3n) is 0. The van der Waals surface area contributed by atoms with Gasteiger partial charge in [-0.25, -0.2) is 4.57 Å². The van der Waals surface area contributed by atoms with Gasteiger partial charge in [0, 0.05) is 113 Å². The molecule has 0 heterocycles. The van der Waals surface area contributed by atoms with Crippen molar-refractivity contribution in [1.82, 2.24) is 0 Å². The van der Waals surface area contributed by atoms with E-state index >= 15 is 0 Å². The van der Waals surface area contributed by atoms with E-state index in [1.165, 1.54) is 0 Å². The smallest absolute Gasteiger partial charge is 0.303 e. The van der Waals surface area contributed by atoms with Crippen molar-refractivity contribution in [2.75, 3.05) is 0 Å².